The van der Waals surface area contributed by atoms with Gasteiger partial charge in [-0.25, -0.2) is 0 Å². The number of ether oxygens (including phenoxy) is 1. The Balaban J connectivity index is 3.98. The summed E-state index contributed by atoms with van der Waals surface area (Å²) in [5.41, 5.74) is 0. The van der Waals surface area contributed by atoms with E-state index in [-0.39, 0.29) is 5.92 Å². The highest BCUT2D eigenvalue weighted by molar-refractivity contribution is 5.69. The molecule has 0 aliphatic carbocycles. The van der Waals surface area contributed by atoms with Crippen LogP contribution in [0.4, 0.5) is 0 Å². The molecule has 1 N–H and O–H groups in total. The quantitative estimate of drug-likeness (QED) is 0.625. The molecule has 4 nitrogen and oxygen atoms in total. The third kappa shape index (κ3) is 6.47. The molecular formula is C11H23NO3. The Morgan fingerprint density at radius 1 is 1.40 bits per heavy atom. The molecular weight excluding hydrogens is 194 g/mol. The van der Waals surface area contributed by atoms with Crippen molar-refractivity contribution >= 4 is 5.97 Å². The number of carbonyl (C=O) groups is 1. The Bertz CT molecular complexity index is 183. The Kier molecular flexibility index (Phi) is 7.34. The minimum atomic E-state index is -0.729. The molecule has 0 radical (unpaired) electrons. The summed E-state index contributed by atoms with van der Waals surface area (Å²) in [7, 11) is 1.68. The van der Waals surface area contributed by atoms with Crippen molar-refractivity contribution in [1.82, 2.24) is 4.90 Å². The second-order valence-corrected chi connectivity index (χ2v) is 4.17. The molecule has 1 unspecified atom stereocenters. The van der Waals surface area contributed by atoms with Gasteiger partial charge in [-0.2, -0.15) is 0 Å². The van der Waals surface area contributed by atoms with E-state index < -0.39 is 5.97 Å². The van der Waals surface area contributed by atoms with E-state index in [1.54, 1.807) is 14.0 Å². The molecule has 0 aliphatic rings. The van der Waals surface area contributed by atoms with Gasteiger partial charge in [0.15, 0.2) is 0 Å². The number of hydrogen-bond acceptors (Lipinski definition) is 3. The van der Waals surface area contributed by atoms with Gasteiger partial charge in [-0.1, -0.05) is 6.92 Å². The average molecular weight is 217 g/mol. The molecule has 0 aromatic carbocycles. The fourth-order valence-corrected chi connectivity index (χ4v) is 1.40. The maximum atomic E-state index is 10.7. The zero-order valence-corrected chi connectivity index (χ0v) is 10.2. The monoisotopic (exact) mass is 217 g/mol. The molecule has 0 bridgehead atoms. The van der Waals surface area contributed by atoms with Gasteiger partial charge in [-0.05, 0) is 20.3 Å². The lowest BCUT2D eigenvalue weighted by Gasteiger charge is -2.27. The number of carboxylic acids is 1. The highest BCUT2D eigenvalue weighted by atomic mass is 16.5. The molecule has 0 fully saturated rings. The summed E-state index contributed by atoms with van der Waals surface area (Å²) in [6, 6.07) is 0.378. The van der Waals surface area contributed by atoms with Crippen LogP contribution in [0.2, 0.25) is 0 Å². The van der Waals surface area contributed by atoms with Crippen LogP contribution in [0.5, 0.6) is 0 Å². The second-order valence-electron chi connectivity index (χ2n) is 4.17. The molecule has 0 amide bonds. The van der Waals surface area contributed by atoms with Crippen LogP contribution >= 0.6 is 0 Å². The van der Waals surface area contributed by atoms with Gasteiger partial charge in [-0.3, -0.25) is 4.79 Å². The molecule has 0 rings (SSSR count). The number of hydrogen-bond donors (Lipinski definition) is 1. The first-order valence-corrected chi connectivity index (χ1v) is 5.44. The number of carboxylic acid groups (broad SMARTS) is 1. The van der Waals surface area contributed by atoms with Gasteiger partial charge in [0.05, 0.1) is 5.92 Å². The van der Waals surface area contributed by atoms with Crippen molar-refractivity contribution < 1.29 is 14.6 Å². The zero-order valence-electron chi connectivity index (χ0n) is 10.2. The van der Waals surface area contributed by atoms with Crippen LogP contribution in [-0.2, 0) is 9.53 Å². The molecule has 15 heavy (non-hydrogen) atoms. The Labute approximate surface area is 92.2 Å². The molecule has 0 aliphatic heterocycles. The van der Waals surface area contributed by atoms with Crippen LogP contribution in [0.25, 0.3) is 0 Å². The molecule has 0 heterocycles. The summed E-state index contributed by atoms with van der Waals surface area (Å²) in [5, 5.41) is 8.83. The average Bonchev–Trinajstić information content (AvgIpc) is 2.15. The Morgan fingerprint density at radius 2 is 2.00 bits per heavy atom. The zero-order chi connectivity index (χ0) is 11.8. The predicted octanol–water partition coefficient (Wildman–Crippen LogP) is 1.45. The Hall–Kier alpha value is -0.610. The summed E-state index contributed by atoms with van der Waals surface area (Å²) in [6.45, 7) is 8.14. The van der Waals surface area contributed by atoms with E-state index in [0.717, 1.165) is 19.6 Å². The summed E-state index contributed by atoms with van der Waals surface area (Å²) in [5.74, 6) is -1.04. The smallest absolute Gasteiger partial charge is 0.307 e. The third-order valence-corrected chi connectivity index (χ3v) is 2.45. The van der Waals surface area contributed by atoms with Crippen molar-refractivity contribution in [2.45, 2.75) is 33.2 Å². The van der Waals surface area contributed by atoms with E-state index in [4.69, 9.17) is 9.84 Å². The lowest BCUT2D eigenvalue weighted by molar-refractivity contribution is -0.141. The van der Waals surface area contributed by atoms with Crippen LogP contribution in [0.15, 0.2) is 0 Å². The molecule has 0 aromatic rings. The standard InChI is InChI=1S/C11H23NO3/c1-9(2)12(6-5-7-15-4)8-10(3)11(13)14/h9-10H,5-8H2,1-4H3,(H,13,14). The molecule has 0 aromatic heterocycles. The number of aliphatic carboxylic acids is 1. The van der Waals surface area contributed by atoms with Crippen molar-refractivity contribution in [1.29, 1.82) is 0 Å². The molecule has 0 saturated heterocycles. The van der Waals surface area contributed by atoms with E-state index in [2.05, 4.69) is 18.7 Å². The van der Waals surface area contributed by atoms with Gasteiger partial charge >= 0.3 is 5.97 Å². The lowest BCUT2D eigenvalue weighted by Crippen LogP contribution is -2.37. The van der Waals surface area contributed by atoms with E-state index >= 15 is 0 Å². The minimum absolute atomic E-state index is 0.310. The van der Waals surface area contributed by atoms with Crippen LogP contribution < -0.4 is 0 Å². The van der Waals surface area contributed by atoms with Gasteiger partial charge in [-0.15, -0.1) is 0 Å². The second kappa shape index (κ2) is 7.65. The van der Waals surface area contributed by atoms with Gasteiger partial charge < -0.3 is 14.7 Å². The first kappa shape index (κ1) is 14.4. The maximum absolute atomic E-state index is 10.7. The van der Waals surface area contributed by atoms with Gasteiger partial charge in [0.1, 0.15) is 0 Å². The number of methoxy groups -OCH3 is 1. The number of nitrogens with zero attached hydrogens (tertiary/aromatic N) is 1. The van der Waals surface area contributed by atoms with E-state index in [0.29, 0.717) is 12.6 Å². The lowest BCUT2D eigenvalue weighted by atomic mass is 10.1. The SMILES string of the molecule is COCCCN(CC(C)C(=O)O)C(C)C. The summed E-state index contributed by atoms with van der Waals surface area (Å²) in [4.78, 5) is 12.9. The van der Waals surface area contributed by atoms with E-state index in [1.807, 2.05) is 0 Å². The summed E-state index contributed by atoms with van der Waals surface area (Å²) >= 11 is 0. The predicted molar refractivity (Wildman–Crippen MR) is 60.0 cm³/mol. The Morgan fingerprint density at radius 3 is 2.40 bits per heavy atom. The van der Waals surface area contributed by atoms with Crippen LogP contribution in [0.1, 0.15) is 27.2 Å². The first-order chi connectivity index (χ1) is 6.99. The maximum Gasteiger partial charge on any atom is 0.307 e. The van der Waals surface area contributed by atoms with Gasteiger partial charge in [0.25, 0.3) is 0 Å². The normalized spacial score (nSPS) is 13.5. The van der Waals surface area contributed by atoms with Gasteiger partial charge in [0.2, 0.25) is 0 Å². The van der Waals surface area contributed by atoms with E-state index in [1.165, 1.54) is 0 Å². The van der Waals surface area contributed by atoms with E-state index in [9.17, 15) is 4.79 Å². The highest BCUT2D eigenvalue weighted by Gasteiger charge is 2.17. The molecule has 1 atom stereocenters. The van der Waals surface area contributed by atoms with Crippen molar-refractivity contribution in [3.63, 3.8) is 0 Å². The summed E-state index contributed by atoms with van der Waals surface area (Å²) < 4.78 is 4.98. The van der Waals surface area contributed by atoms with Crippen molar-refractivity contribution in [2.75, 3.05) is 26.8 Å². The van der Waals surface area contributed by atoms with Crippen LogP contribution in [-0.4, -0.2) is 48.8 Å². The van der Waals surface area contributed by atoms with Crippen LogP contribution in [0, 0.1) is 5.92 Å². The highest BCUT2D eigenvalue weighted by Crippen LogP contribution is 2.06. The molecule has 0 spiro atoms. The number of rotatable bonds is 8. The fraction of sp³-hybridized carbons (Fsp3) is 0.909. The van der Waals surface area contributed by atoms with Crippen LogP contribution in [0.3, 0.4) is 0 Å². The minimum Gasteiger partial charge on any atom is -0.481 e. The largest absolute Gasteiger partial charge is 0.481 e. The first-order valence-electron chi connectivity index (χ1n) is 5.44. The van der Waals surface area contributed by atoms with Crippen molar-refractivity contribution in [3.05, 3.63) is 0 Å². The summed E-state index contributed by atoms with van der Waals surface area (Å²) in [6.07, 6.45) is 0.945. The molecule has 0 saturated carbocycles. The molecule has 4 heteroatoms. The molecule has 90 valence electrons. The topological polar surface area (TPSA) is 49.8 Å². The van der Waals surface area contributed by atoms with Gasteiger partial charge in [0, 0.05) is 32.8 Å². The fourth-order valence-electron chi connectivity index (χ4n) is 1.40. The third-order valence-electron chi connectivity index (χ3n) is 2.45. The van der Waals surface area contributed by atoms with Crippen molar-refractivity contribution in [2.24, 2.45) is 5.92 Å². The van der Waals surface area contributed by atoms with Crippen molar-refractivity contribution in [3.8, 4) is 0 Å².